The van der Waals surface area contributed by atoms with Crippen LogP contribution in [0.3, 0.4) is 0 Å². The molecular weight excluding hydrogens is 252 g/mol. The zero-order chi connectivity index (χ0) is 14.4. The lowest BCUT2D eigenvalue weighted by Crippen LogP contribution is -2.48. The summed E-state index contributed by atoms with van der Waals surface area (Å²) in [5.41, 5.74) is 1.28. The molecule has 1 fully saturated rings. The van der Waals surface area contributed by atoms with E-state index < -0.39 is 0 Å². The predicted octanol–water partition coefficient (Wildman–Crippen LogP) is 2.28. The van der Waals surface area contributed by atoms with Crippen LogP contribution in [0.5, 0.6) is 11.5 Å². The molecule has 0 aliphatic carbocycles. The second-order valence-corrected chi connectivity index (χ2v) is 5.42. The van der Waals surface area contributed by atoms with E-state index in [4.69, 9.17) is 9.47 Å². The quantitative estimate of drug-likeness (QED) is 0.865. The first kappa shape index (κ1) is 15.1. The van der Waals surface area contributed by atoms with Gasteiger partial charge in [0.05, 0.1) is 13.7 Å². The van der Waals surface area contributed by atoms with Gasteiger partial charge in [0.1, 0.15) is 0 Å². The van der Waals surface area contributed by atoms with Crippen molar-refractivity contribution in [2.45, 2.75) is 32.9 Å². The van der Waals surface area contributed by atoms with Crippen LogP contribution in [0.2, 0.25) is 0 Å². The van der Waals surface area contributed by atoms with E-state index in [0.29, 0.717) is 6.04 Å². The Morgan fingerprint density at radius 3 is 2.90 bits per heavy atom. The number of rotatable bonds is 6. The van der Waals surface area contributed by atoms with E-state index in [1.54, 1.807) is 7.11 Å². The third kappa shape index (κ3) is 4.12. The van der Waals surface area contributed by atoms with Crippen LogP contribution in [0.15, 0.2) is 18.2 Å². The molecule has 0 aromatic heterocycles. The minimum Gasteiger partial charge on any atom is -0.493 e. The van der Waals surface area contributed by atoms with E-state index >= 15 is 0 Å². The molecule has 20 heavy (non-hydrogen) atoms. The SMILES string of the molecule is CCCOc1cc(CN2CCN[C@H](C)C2)ccc1OC. The topological polar surface area (TPSA) is 33.7 Å². The number of hydrogen-bond acceptors (Lipinski definition) is 4. The Hall–Kier alpha value is -1.26. The van der Waals surface area contributed by atoms with E-state index in [0.717, 1.165) is 50.7 Å². The smallest absolute Gasteiger partial charge is 0.161 e. The Bertz CT molecular complexity index is 423. The van der Waals surface area contributed by atoms with E-state index in [2.05, 4.69) is 36.2 Å². The highest BCUT2D eigenvalue weighted by molar-refractivity contribution is 5.43. The largest absolute Gasteiger partial charge is 0.493 e. The highest BCUT2D eigenvalue weighted by Gasteiger charge is 2.16. The second-order valence-electron chi connectivity index (χ2n) is 5.42. The van der Waals surface area contributed by atoms with Gasteiger partial charge >= 0.3 is 0 Å². The summed E-state index contributed by atoms with van der Waals surface area (Å²) < 4.78 is 11.1. The Kier molecular flexibility index (Phi) is 5.68. The van der Waals surface area contributed by atoms with E-state index in [1.165, 1.54) is 5.56 Å². The fourth-order valence-electron chi connectivity index (χ4n) is 2.56. The van der Waals surface area contributed by atoms with Crippen molar-refractivity contribution in [1.29, 1.82) is 0 Å². The number of piperazine rings is 1. The number of methoxy groups -OCH3 is 1. The Labute approximate surface area is 122 Å². The average Bonchev–Trinajstić information content (AvgIpc) is 2.45. The third-order valence-electron chi connectivity index (χ3n) is 3.55. The van der Waals surface area contributed by atoms with Gasteiger partial charge in [0.2, 0.25) is 0 Å². The molecule has 1 heterocycles. The maximum Gasteiger partial charge on any atom is 0.161 e. The van der Waals surface area contributed by atoms with Gasteiger partial charge in [-0.05, 0) is 31.0 Å². The van der Waals surface area contributed by atoms with Crippen LogP contribution in [-0.2, 0) is 6.54 Å². The van der Waals surface area contributed by atoms with Crippen LogP contribution < -0.4 is 14.8 Å². The molecule has 1 aromatic rings. The molecular formula is C16H26N2O2. The van der Waals surface area contributed by atoms with Gasteiger partial charge in [0, 0.05) is 32.2 Å². The van der Waals surface area contributed by atoms with Crippen LogP contribution in [0.1, 0.15) is 25.8 Å². The summed E-state index contributed by atoms with van der Waals surface area (Å²) in [5.74, 6) is 1.67. The van der Waals surface area contributed by atoms with Crippen molar-refractivity contribution in [2.75, 3.05) is 33.4 Å². The standard InChI is InChI=1S/C16H26N2O2/c1-4-9-20-16-10-14(5-6-15(16)19-3)12-18-8-7-17-13(2)11-18/h5-6,10,13,17H,4,7-9,11-12H2,1-3H3/t13-/m1/s1. The zero-order valence-electron chi connectivity index (χ0n) is 12.8. The molecule has 2 rings (SSSR count). The summed E-state index contributed by atoms with van der Waals surface area (Å²) in [7, 11) is 1.69. The molecule has 1 aliphatic rings. The lowest BCUT2D eigenvalue weighted by atomic mass is 10.1. The third-order valence-corrected chi connectivity index (χ3v) is 3.55. The fourth-order valence-corrected chi connectivity index (χ4v) is 2.56. The minimum absolute atomic E-state index is 0.567. The molecule has 0 saturated carbocycles. The summed E-state index contributed by atoms with van der Waals surface area (Å²) in [6, 6.07) is 6.81. The van der Waals surface area contributed by atoms with Gasteiger partial charge < -0.3 is 14.8 Å². The molecule has 1 atom stereocenters. The van der Waals surface area contributed by atoms with Gasteiger partial charge in [-0.3, -0.25) is 4.90 Å². The molecule has 1 N–H and O–H groups in total. The van der Waals surface area contributed by atoms with Gasteiger partial charge in [-0.1, -0.05) is 13.0 Å². The van der Waals surface area contributed by atoms with E-state index in [9.17, 15) is 0 Å². The molecule has 1 saturated heterocycles. The first-order valence-electron chi connectivity index (χ1n) is 7.48. The van der Waals surface area contributed by atoms with Gasteiger partial charge in [-0.25, -0.2) is 0 Å². The number of ether oxygens (including phenoxy) is 2. The molecule has 0 unspecified atom stereocenters. The minimum atomic E-state index is 0.567. The van der Waals surface area contributed by atoms with Crippen molar-refractivity contribution >= 4 is 0 Å². The summed E-state index contributed by atoms with van der Waals surface area (Å²) in [5, 5.41) is 3.47. The van der Waals surface area contributed by atoms with Crippen molar-refractivity contribution in [2.24, 2.45) is 0 Å². The van der Waals surface area contributed by atoms with Gasteiger partial charge in [0.15, 0.2) is 11.5 Å². The maximum absolute atomic E-state index is 5.77. The van der Waals surface area contributed by atoms with Crippen LogP contribution in [0.25, 0.3) is 0 Å². The van der Waals surface area contributed by atoms with Crippen molar-refractivity contribution < 1.29 is 9.47 Å². The van der Waals surface area contributed by atoms with Crippen LogP contribution in [0, 0.1) is 0 Å². The maximum atomic E-state index is 5.77. The van der Waals surface area contributed by atoms with Crippen LogP contribution in [-0.4, -0.2) is 44.3 Å². The summed E-state index contributed by atoms with van der Waals surface area (Å²) in [6.07, 6.45) is 1.00. The average molecular weight is 278 g/mol. The normalized spacial score (nSPS) is 19.9. The molecule has 0 radical (unpaired) electrons. The number of benzene rings is 1. The van der Waals surface area contributed by atoms with Gasteiger partial charge in [-0.2, -0.15) is 0 Å². The molecule has 1 aromatic carbocycles. The molecule has 0 bridgehead atoms. The van der Waals surface area contributed by atoms with Crippen LogP contribution in [0.4, 0.5) is 0 Å². The number of nitrogens with zero attached hydrogens (tertiary/aromatic N) is 1. The molecule has 0 spiro atoms. The number of nitrogens with one attached hydrogen (secondary N) is 1. The summed E-state index contributed by atoms with van der Waals surface area (Å²) >= 11 is 0. The summed E-state index contributed by atoms with van der Waals surface area (Å²) in [4.78, 5) is 2.48. The molecule has 1 aliphatic heterocycles. The van der Waals surface area contributed by atoms with Crippen molar-refractivity contribution in [3.63, 3.8) is 0 Å². The lowest BCUT2D eigenvalue weighted by Gasteiger charge is -2.31. The van der Waals surface area contributed by atoms with Crippen molar-refractivity contribution in [3.8, 4) is 11.5 Å². The van der Waals surface area contributed by atoms with E-state index in [1.807, 2.05) is 6.07 Å². The first-order valence-corrected chi connectivity index (χ1v) is 7.48. The fraction of sp³-hybridized carbons (Fsp3) is 0.625. The number of hydrogen-bond donors (Lipinski definition) is 1. The predicted molar refractivity (Wildman–Crippen MR) is 81.5 cm³/mol. The van der Waals surface area contributed by atoms with Gasteiger partial charge in [-0.15, -0.1) is 0 Å². The highest BCUT2D eigenvalue weighted by atomic mass is 16.5. The molecule has 112 valence electrons. The summed E-state index contributed by atoms with van der Waals surface area (Å²) in [6.45, 7) is 9.30. The van der Waals surface area contributed by atoms with Gasteiger partial charge in [0.25, 0.3) is 0 Å². The Balaban J connectivity index is 2.03. The molecule has 4 heteroatoms. The second kappa shape index (κ2) is 7.50. The highest BCUT2D eigenvalue weighted by Crippen LogP contribution is 2.28. The Morgan fingerprint density at radius 2 is 2.20 bits per heavy atom. The lowest BCUT2D eigenvalue weighted by molar-refractivity contribution is 0.199. The van der Waals surface area contributed by atoms with E-state index in [-0.39, 0.29) is 0 Å². The van der Waals surface area contributed by atoms with Crippen LogP contribution >= 0.6 is 0 Å². The zero-order valence-corrected chi connectivity index (χ0v) is 12.8. The molecule has 0 amide bonds. The van der Waals surface area contributed by atoms with Crippen molar-refractivity contribution in [1.82, 2.24) is 10.2 Å². The van der Waals surface area contributed by atoms with Crippen molar-refractivity contribution in [3.05, 3.63) is 23.8 Å². The first-order chi connectivity index (χ1) is 9.72. The molecule has 4 nitrogen and oxygen atoms in total. The Morgan fingerprint density at radius 1 is 1.35 bits per heavy atom. The monoisotopic (exact) mass is 278 g/mol.